The molecule has 0 bridgehead atoms. The van der Waals surface area contributed by atoms with E-state index in [1.807, 2.05) is 31.3 Å². The van der Waals surface area contributed by atoms with Gasteiger partial charge in [-0.3, -0.25) is 14.7 Å². The highest BCUT2D eigenvalue weighted by atomic mass is 16.1. The summed E-state index contributed by atoms with van der Waals surface area (Å²) in [5, 5.41) is 4.24. The van der Waals surface area contributed by atoms with Gasteiger partial charge in [0, 0.05) is 37.6 Å². The number of hydrogen-bond donors (Lipinski definition) is 1. The molecule has 0 aliphatic carbocycles. The van der Waals surface area contributed by atoms with Crippen LogP contribution in [-0.2, 0) is 11.3 Å². The van der Waals surface area contributed by atoms with Gasteiger partial charge in [-0.15, -0.1) is 0 Å². The molecule has 1 aromatic carbocycles. The molecule has 0 saturated carbocycles. The number of rotatable bonds is 6. The highest BCUT2D eigenvalue weighted by Gasteiger charge is 2.23. The third-order valence-electron chi connectivity index (χ3n) is 4.61. The van der Waals surface area contributed by atoms with Gasteiger partial charge >= 0.3 is 0 Å². The molecular weight excluding hydrogens is 298 g/mol. The van der Waals surface area contributed by atoms with Crippen molar-refractivity contribution in [2.24, 2.45) is 5.92 Å². The largest absolute Gasteiger partial charge is 0.356 e. The molecule has 1 aromatic heterocycles. The van der Waals surface area contributed by atoms with Crippen LogP contribution in [-0.4, -0.2) is 35.4 Å². The van der Waals surface area contributed by atoms with E-state index in [-0.39, 0.29) is 5.91 Å². The summed E-state index contributed by atoms with van der Waals surface area (Å²) in [6, 6.07) is 10.5. The van der Waals surface area contributed by atoms with Gasteiger partial charge in [0.1, 0.15) is 0 Å². The van der Waals surface area contributed by atoms with E-state index in [4.69, 9.17) is 0 Å². The number of para-hydroxylation sites is 1. The van der Waals surface area contributed by atoms with Crippen LogP contribution in [0.4, 0.5) is 0 Å². The predicted molar refractivity (Wildman–Crippen MR) is 97.6 cm³/mol. The Morgan fingerprint density at radius 1 is 1.38 bits per heavy atom. The zero-order valence-corrected chi connectivity index (χ0v) is 14.2. The summed E-state index contributed by atoms with van der Waals surface area (Å²) < 4.78 is 0. The van der Waals surface area contributed by atoms with Crippen LogP contribution >= 0.6 is 0 Å². The molecule has 1 fully saturated rings. The van der Waals surface area contributed by atoms with Gasteiger partial charge in [-0.2, -0.15) is 0 Å². The van der Waals surface area contributed by atoms with Crippen LogP contribution in [0, 0.1) is 5.92 Å². The second-order valence-electron chi connectivity index (χ2n) is 6.46. The van der Waals surface area contributed by atoms with Crippen molar-refractivity contribution >= 4 is 16.8 Å². The summed E-state index contributed by atoms with van der Waals surface area (Å²) >= 11 is 0. The van der Waals surface area contributed by atoms with E-state index < -0.39 is 0 Å². The number of nitrogens with one attached hydrogen (secondary N) is 1. The van der Waals surface area contributed by atoms with E-state index in [2.05, 4.69) is 39.5 Å². The third kappa shape index (κ3) is 4.20. The number of likely N-dealkylation sites (tertiary alicyclic amines) is 1. The second-order valence-corrected chi connectivity index (χ2v) is 6.46. The van der Waals surface area contributed by atoms with Crippen LogP contribution in [0.15, 0.2) is 48.7 Å². The van der Waals surface area contributed by atoms with Gasteiger partial charge in [-0.1, -0.05) is 36.4 Å². The second kappa shape index (κ2) is 8.06. The molecule has 1 amide bonds. The quantitative estimate of drug-likeness (QED) is 0.831. The van der Waals surface area contributed by atoms with Gasteiger partial charge in [0.2, 0.25) is 5.91 Å². The summed E-state index contributed by atoms with van der Waals surface area (Å²) in [5.74, 6) is 0.660. The molecule has 1 saturated heterocycles. The van der Waals surface area contributed by atoms with Gasteiger partial charge in [0.25, 0.3) is 0 Å². The summed E-state index contributed by atoms with van der Waals surface area (Å²) in [4.78, 5) is 18.7. The molecule has 126 valence electrons. The predicted octanol–water partition coefficient (Wildman–Crippen LogP) is 3.14. The molecule has 0 spiro atoms. The Labute approximate surface area is 143 Å². The monoisotopic (exact) mass is 323 g/mol. The van der Waals surface area contributed by atoms with Gasteiger partial charge in [0.05, 0.1) is 5.52 Å². The van der Waals surface area contributed by atoms with Crippen molar-refractivity contribution in [3.8, 4) is 0 Å². The average molecular weight is 323 g/mol. The first kappa shape index (κ1) is 16.7. The lowest BCUT2D eigenvalue weighted by Crippen LogP contribution is -2.30. The number of pyridine rings is 1. The van der Waals surface area contributed by atoms with Crippen molar-refractivity contribution in [1.82, 2.24) is 15.2 Å². The fraction of sp³-hybridized carbons (Fsp3) is 0.400. The topological polar surface area (TPSA) is 45.2 Å². The van der Waals surface area contributed by atoms with E-state index in [0.717, 1.165) is 38.1 Å². The smallest absolute Gasteiger partial charge is 0.223 e. The van der Waals surface area contributed by atoms with E-state index in [0.29, 0.717) is 12.3 Å². The van der Waals surface area contributed by atoms with Crippen molar-refractivity contribution in [1.29, 1.82) is 0 Å². The summed E-state index contributed by atoms with van der Waals surface area (Å²) in [7, 11) is 0. The van der Waals surface area contributed by atoms with Gasteiger partial charge in [-0.05, 0) is 37.4 Å². The first-order valence-corrected chi connectivity index (χ1v) is 8.69. The van der Waals surface area contributed by atoms with Crippen molar-refractivity contribution in [2.75, 3.05) is 19.6 Å². The molecular formula is C20H25N3O. The van der Waals surface area contributed by atoms with Crippen molar-refractivity contribution in [3.05, 3.63) is 54.2 Å². The minimum absolute atomic E-state index is 0.116. The number of benzene rings is 1. The number of amides is 1. The summed E-state index contributed by atoms with van der Waals surface area (Å²) in [6.45, 7) is 5.76. The van der Waals surface area contributed by atoms with Crippen LogP contribution in [0.25, 0.3) is 10.9 Å². The van der Waals surface area contributed by atoms with E-state index >= 15 is 0 Å². The normalized spacial score (nSPS) is 18.5. The lowest BCUT2D eigenvalue weighted by molar-refractivity contribution is -0.120. The van der Waals surface area contributed by atoms with Crippen LogP contribution in [0.2, 0.25) is 0 Å². The Morgan fingerprint density at radius 3 is 3.12 bits per heavy atom. The molecule has 1 unspecified atom stereocenters. The van der Waals surface area contributed by atoms with Crippen molar-refractivity contribution in [2.45, 2.75) is 26.3 Å². The lowest BCUT2D eigenvalue weighted by Gasteiger charge is -2.17. The molecule has 4 nitrogen and oxygen atoms in total. The molecule has 1 aliphatic heterocycles. The Morgan fingerprint density at radius 2 is 2.25 bits per heavy atom. The SMILES string of the molecule is CC=CCC(=O)NCC1CCN(Cc2cccc3cccnc23)C1. The zero-order chi connectivity index (χ0) is 16.8. The minimum Gasteiger partial charge on any atom is -0.356 e. The highest BCUT2D eigenvalue weighted by Crippen LogP contribution is 2.22. The first-order valence-electron chi connectivity index (χ1n) is 8.69. The average Bonchev–Trinajstić information content (AvgIpc) is 3.06. The first-order chi connectivity index (χ1) is 11.8. The fourth-order valence-electron chi connectivity index (χ4n) is 3.31. The molecule has 1 aliphatic rings. The van der Waals surface area contributed by atoms with Crippen LogP contribution in [0.3, 0.4) is 0 Å². The molecule has 2 heterocycles. The summed E-state index contributed by atoms with van der Waals surface area (Å²) in [6.07, 6.45) is 7.29. The van der Waals surface area contributed by atoms with Gasteiger partial charge in [-0.25, -0.2) is 0 Å². The molecule has 1 atom stereocenters. The van der Waals surface area contributed by atoms with Gasteiger partial charge < -0.3 is 5.32 Å². The number of fused-ring (bicyclic) bond motifs is 1. The van der Waals surface area contributed by atoms with Gasteiger partial charge in [0.15, 0.2) is 0 Å². The molecule has 3 rings (SSSR count). The van der Waals surface area contributed by atoms with E-state index in [9.17, 15) is 4.79 Å². The number of aromatic nitrogens is 1. The van der Waals surface area contributed by atoms with Crippen molar-refractivity contribution in [3.63, 3.8) is 0 Å². The zero-order valence-electron chi connectivity index (χ0n) is 14.2. The maximum atomic E-state index is 11.7. The molecule has 4 heteroatoms. The fourth-order valence-corrected chi connectivity index (χ4v) is 3.31. The molecule has 2 aromatic rings. The Hall–Kier alpha value is -2.20. The Bertz CT molecular complexity index is 720. The number of carbonyl (C=O) groups excluding carboxylic acids is 1. The number of hydrogen-bond acceptors (Lipinski definition) is 3. The Kier molecular flexibility index (Phi) is 5.59. The van der Waals surface area contributed by atoms with E-state index in [1.54, 1.807) is 0 Å². The van der Waals surface area contributed by atoms with Crippen LogP contribution in [0.1, 0.15) is 25.3 Å². The standard InChI is InChI=1S/C20H25N3O/c1-2-3-9-19(24)22-13-16-10-12-23(14-16)15-18-7-4-6-17-8-5-11-21-20(17)18/h2-8,11,16H,9-10,12-15H2,1H3,(H,22,24). The number of nitrogens with zero attached hydrogens (tertiary/aromatic N) is 2. The summed E-state index contributed by atoms with van der Waals surface area (Å²) in [5.41, 5.74) is 2.38. The van der Waals surface area contributed by atoms with Crippen molar-refractivity contribution < 1.29 is 4.79 Å². The molecule has 1 N–H and O–H groups in total. The van der Waals surface area contributed by atoms with Crippen LogP contribution < -0.4 is 5.32 Å². The maximum absolute atomic E-state index is 11.7. The molecule has 0 radical (unpaired) electrons. The van der Waals surface area contributed by atoms with E-state index in [1.165, 1.54) is 10.9 Å². The third-order valence-corrected chi connectivity index (χ3v) is 4.61. The van der Waals surface area contributed by atoms with Crippen LogP contribution in [0.5, 0.6) is 0 Å². The number of allylic oxidation sites excluding steroid dienone is 1. The maximum Gasteiger partial charge on any atom is 0.223 e. The highest BCUT2D eigenvalue weighted by molar-refractivity contribution is 5.81. The molecule has 24 heavy (non-hydrogen) atoms. The number of carbonyl (C=O) groups is 1. The minimum atomic E-state index is 0.116. The Balaban J connectivity index is 1.53. The lowest BCUT2D eigenvalue weighted by atomic mass is 10.1.